The molecule has 0 fully saturated rings. The molecule has 2 aromatic rings. The van der Waals surface area contributed by atoms with Gasteiger partial charge in [-0.1, -0.05) is 30.3 Å². The summed E-state index contributed by atoms with van der Waals surface area (Å²) in [6.45, 7) is 5.14. The summed E-state index contributed by atoms with van der Waals surface area (Å²) in [7, 11) is 2.09. The van der Waals surface area contributed by atoms with Gasteiger partial charge in [0.25, 0.3) is 0 Å². The number of carbonyl (C=O) groups is 1. The molecule has 4 nitrogen and oxygen atoms in total. The molecule has 0 saturated heterocycles. The van der Waals surface area contributed by atoms with Crippen LogP contribution in [0.2, 0.25) is 0 Å². The first-order valence-corrected chi connectivity index (χ1v) is 8.75. The van der Waals surface area contributed by atoms with Crippen molar-refractivity contribution < 1.29 is 9.90 Å². The van der Waals surface area contributed by atoms with Crippen LogP contribution in [0.3, 0.4) is 0 Å². The first-order valence-electron chi connectivity index (χ1n) is 7.94. The fraction of sp³-hybridized carbons (Fsp3) is 0.444. The van der Waals surface area contributed by atoms with E-state index in [1.54, 1.807) is 11.3 Å². The van der Waals surface area contributed by atoms with Crippen LogP contribution < -0.4 is 0 Å². The number of carboxylic acids is 1. The maximum absolute atomic E-state index is 10.6. The number of carboxylic acid groups (broad SMARTS) is 1. The van der Waals surface area contributed by atoms with E-state index < -0.39 is 5.97 Å². The smallest absolute Gasteiger partial charge is 0.303 e. The third kappa shape index (κ3) is 4.88. The Hall–Kier alpha value is -1.72. The molecule has 0 spiro atoms. The second-order valence-electron chi connectivity index (χ2n) is 5.84. The Morgan fingerprint density at radius 2 is 2.00 bits per heavy atom. The van der Waals surface area contributed by atoms with Gasteiger partial charge in [-0.05, 0) is 40.3 Å². The van der Waals surface area contributed by atoms with Crippen LogP contribution in [0.15, 0.2) is 30.3 Å². The summed E-state index contributed by atoms with van der Waals surface area (Å²) in [5, 5.41) is 9.75. The van der Waals surface area contributed by atoms with Gasteiger partial charge in [0.15, 0.2) is 0 Å². The highest BCUT2D eigenvalue weighted by Gasteiger charge is 2.18. The topological polar surface area (TPSA) is 53.4 Å². The molecule has 0 amide bonds. The molecule has 23 heavy (non-hydrogen) atoms. The van der Waals surface area contributed by atoms with Gasteiger partial charge < -0.3 is 5.11 Å². The summed E-state index contributed by atoms with van der Waals surface area (Å²) < 4.78 is 0. The fourth-order valence-electron chi connectivity index (χ4n) is 2.53. The molecule has 1 heterocycles. The van der Waals surface area contributed by atoms with Crippen LogP contribution in [0.5, 0.6) is 0 Å². The van der Waals surface area contributed by atoms with Crippen LogP contribution in [-0.4, -0.2) is 34.6 Å². The number of hydrogen-bond acceptors (Lipinski definition) is 4. The minimum absolute atomic E-state index is 0.250. The molecule has 1 aromatic heterocycles. The predicted molar refractivity (Wildman–Crippen MR) is 94.8 cm³/mol. The van der Waals surface area contributed by atoms with Crippen molar-refractivity contribution in [1.29, 1.82) is 0 Å². The van der Waals surface area contributed by atoms with Gasteiger partial charge in [0.05, 0.1) is 5.69 Å². The normalized spacial score (nSPS) is 12.5. The van der Waals surface area contributed by atoms with E-state index in [1.165, 1.54) is 4.88 Å². The van der Waals surface area contributed by atoms with Crippen LogP contribution in [0, 0.1) is 6.92 Å². The third-order valence-electron chi connectivity index (χ3n) is 4.05. The van der Waals surface area contributed by atoms with E-state index in [0.717, 1.165) is 35.7 Å². The maximum Gasteiger partial charge on any atom is 0.303 e. The molecule has 1 aromatic carbocycles. The van der Waals surface area contributed by atoms with Crippen LogP contribution >= 0.6 is 11.3 Å². The first kappa shape index (κ1) is 17.6. The van der Waals surface area contributed by atoms with Gasteiger partial charge in [0.2, 0.25) is 0 Å². The summed E-state index contributed by atoms with van der Waals surface area (Å²) in [5.74, 6) is -0.716. The highest BCUT2D eigenvalue weighted by atomic mass is 32.1. The van der Waals surface area contributed by atoms with Crippen molar-refractivity contribution in [1.82, 2.24) is 9.88 Å². The SMILES string of the molecule is Cc1nc(-c2ccccc2)sc1C(C)N(C)CCCCC(=O)O. The average Bonchev–Trinajstić information content (AvgIpc) is 2.93. The molecule has 2 rings (SSSR count). The predicted octanol–water partition coefficient (Wildman–Crippen LogP) is 4.37. The van der Waals surface area contributed by atoms with E-state index >= 15 is 0 Å². The summed E-state index contributed by atoms with van der Waals surface area (Å²) in [6, 6.07) is 10.5. The van der Waals surface area contributed by atoms with E-state index in [-0.39, 0.29) is 12.5 Å². The Morgan fingerprint density at radius 1 is 1.30 bits per heavy atom. The second-order valence-corrected chi connectivity index (χ2v) is 6.87. The Balaban J connectivity index is 2.00. The van der Waals surface area contributed by atoms with Gasteiger partial charge >= 0.3 is 5.97 Å². The zero-order chi connectivity index (χ0) is 16.8. The zero-order valence-electron chi connectivity index (χ0n) is 14.0. The minimum Gasteiger partial charge on any atom is -0.481 e. The van der Waals surface area contributed by atoms with Crippen molar-refractivity contribution in [3.63, 3.8) is 0 Å². The number of aryl methyl sites for hydroxylation is 1. The van der Waals surface area contributed by atoms with Gasteiger partial charge in [-0.2, -0.15) is 0 Å². The second kappa shape index (κ2) is 8.22. The van der Waals surface area contributed by atoms with E-state index in [0.29, 0.717) is 0 Å². The fourth-order valence-corrected chi connectivity index (χ4v) is 3.72. The number of benzene rings is 1. The molecule has 0 aliphatic rings. The Bertz CT molecular complexity index is 640. The largest absolute Gasteiger partial charge is 0.481 e. The molecule has 0 radical (unpaired) electrons. The molecule has 1 unspecified atom stereocenters. The number of hydrogen-bond donors (Lipinski definition) is 1. The Labute approximate surface area is 141 Å². The van der Waals surface area contributed by atoms with E-state index in [1.807, 2.05) is 18.2 Å². The summed E-state index contributed by atoms with van der Waals surface area (Å²) >= 11 is 1.75. The number of thiazole rings is 1. The van der Waals surface area contributed by atoms with Gasteiger partial charge in [-0.25, -0.2) is 4.98 Å². The lowest BCUT2D eigenvalue weighted by Crippen LogP contribution is -2.23. The first-order chi connectivity index (χ1) is 11.0. The quantitative estimate of drug-likeness (QED) is 0.730. The maximum atomic E-state index is 10.6. The highest BCUT2D eigenvalue weighted by molar-refractivity contribution is 7.15. The van der Waals surface area contributed by atoms with Crippen molar-refractivity contribution in [2.24, 2.45) is 0 Å². The third-order valence-corrected chi connectivity index (χ3v) is 5.42. The molecule has 0 bridgehead atoms. The molecule has 124 valence electrons. The zero-order valence-corrected chi connectivity index (χ0v) is 14.8. The van der Waals surface area contributed by atoms with Gasteiger partial charge in [0.1, 0.15) is 5.01 Å². The minimum atomic E-state index is -0.716. The van der Waals surface area contributed by atoms with Gasteiger partial charge in [0, 0.05) is 22.9 Å². The van der Waals surface area contributed by atoms with Crippen LogP contribution in [0.4, 0.5) is 0 Å². The highest BCUT2D eigenvalue weighted by Crippen LogP contribution is 2.33. The number of nitrogens with zero attached hydrogens (tertiary/aromatic N) is 2. The van der Waals surface area contributed by atoms with Crippen molar-refractivity contribution in [3.8, 4) is 10.6 Å². The van der Waals surface area contributed by atoms with Crippen LogP contribution in [-0.2, 0) is 4.79 Å². The van der Waals surface area contributed by atoms with Crippen molar-refractivity contribution in [2.75, 3.05) is 13.6 Å². The van der Waals surface area contributed by atoms with E-state index in [2.05, 4.69) is 37.9 Å². The van der Waals surface area contributed by atoms with E-state index in [9.17, 15) is 4.79 Å². The van der Waals surface area contributed by atoms with Crippen molar-refractivity contribution in [2.45, 2.75) is 39.2 Å². The number of unbranched alkanes of at least 4 members (excludes halogenated alkanes) is 1. The molecule has 1 atom stereocenters. The average molecular weight is 332 g/mol. The molecule has 0 aliphatic carbocycles. The molecule has 5 heteroatoms. The standard InChI is InChI=1S/C18H24N2O2S/c1-13-17(14(2)20(3)12-8-7-11-16(21)22)23-18(19-13)15-9-5-4-6-10-15/h4-6,9-10,14H,7-8,11-12H2,1-3H3,(H,21,22). The molecule has 0 saturated carbocycles. The lowest BCUT2D eigenvalue weighted by molar-refractivity contribution is -0.137. The van der Waals surface area contributed by atoms with Crippen molar-refractivity contribution >= 4 is 17.3 Å². The van der Waals surface area contributed by atoms with Crippen LogP contribution in [0.1, 0.15) is 42.8 Å². The number of rotatable bonds is 8. The number of aromatic nitrogens is 1. The van der Waals surface area contributed by atoms with Gasteiger partial charge in [-0.15, -0.1) is 11.3 Å². The molecule has 0 aliphatic heterocycles. The summed E-state index contributed by atoms with van der Waals surface area (Å²) in [5.41, 5.74) is 2.24. The summed E-state index contributed by atoms with van der Waals surface area (Å²) in [4.78, 5) is 18.8. The Morgan fingerprint density at radius 3 is 2.65 bits per heavy atom. The van der Waals surface area contributed by atoms with E-state index in [4.69, 9.17) is 10.1 Å². The van der Waals surface area contributed by atoms with Crippen molar-refractivity contribution in [3.05, 3.63) is 40.9 Å². The van der Waals surface area contributed by atoms with Crippen LogP contribution in [0.25, 0.3) is 10.6 Å². The summed E-state index contributed by atoms with van der Waals surface area (Å²) in [6.07, 6.45) is 1.87. The number of aliphatic carboxylic acids is 1. The lowest BCUT2D eigenvalue weighted by atomic mass is 10.2. The molecular weight excluding hydrogens is 308 g/mol. The van der Waals surface area contributed by atoms with Gasteiger partial charge in [-0.3, -0.25) is 9.69 Å². The Kier molecular flexibility index (Phi) is 6.30. The molecule has 1 N–H and O–H groups in total. The monoisotopic (exact) mass is 332 g/mol. The molecular formula is C18H24N2O2S. The lowest BCUT2D eigenvalue weighted by Gasteiger charge is -2.24.